The van der Waals surface area contributed by atoms with Crippen LogP contribution in [-0.4, -0.2) is 63.6 Å². The number of aliphatic hydroxyl groups excluding tert-OH is 1. The third-order valence-corrected chi connectivity index (χ3v) is 8.51. The van der Waals surface area contributed by atoms with Crippen LogP contribution in [0.25, 0.3) is 22.2 Å². The minimum Gasteiger partial charge on any atom is -0.387 e. The second-order valence-corrected chi connectivity index (χ2v) is 12.3. The van der Waals surface area contributed by atoms with Gasteiger partial charge in [0.15, 0.2) is 0 Å². The molecule has 1 aliphatic heterocycles. The van der Waals surface area contributed by atoms with Gasteiger partial charge in [0.1, 0.15) is 28.8 Å². The van der Waals surface area contributed by atoms with E-state index in [9.17, 15) is 14.7 Å². The molecule has 2 unspecified atom stereocenters. The van der Waals surface area contributed by atoms with Crippen LogP contribution in [0.15, 0.2) is 35.2 Å². The number of piperidine rings is 1. The molecule has 5 heterocycles. The number of hydrogen-bond donors (Lipinski definition) is 2. The van der Waals surface area contributed by atoms with Gasteiger partial charge in [-0.25, -0.2) is 15.0 Å². The number of aliphatic hydroxyl groups is 1. The maximum atomic E-state index is 13.9. The van der Waals surface area contributed by atoms with E-state index >= 15 is 0 Å². The van der Waals surface area contributed by atoms with Crippen LogP contribution in [0.3, 0.4) is 0 Å². The Morgan fingerprint density at radius 2 is 1.88 bits per heavy atom. The predicted molar refractivity (Wildman–Crippen MR) is 156 cm³/mol. The normalized spacial score (nSPS) is 22.1. The third kappa shape index (κ3) is 4.99. The second-order valence-electron chi connectivity index (χ2n) is 11.5. The monoisotopic (exact) mass is 618 g/mol. The Labute approximate surface area is 245 Å². The number of nitrogens with one attached hydrogen (secondary N) is 1. The van der Waals surface area contributed by atoms with Crippen molar-refractivity contribution in [3.05, 3.63) is 58.0 Å². The minimum absolute atomic E-state index is 0.00613. The molecule has 6 rings (SSSR count). The number of carbonyl (C=O) groups excluding carboxylic acids is 2. The van der Waals surface area contributed by atoms with E-state index in [0.717, 1.165) is 17.5 Å². The quantitative estimate of drug-likeness (QED) is 0.309. The molecule has 0 spiro atoms. The van der Waals surface area contributed by atoms with Gasteiger partial charge in [-0.1, -0.05) is 6.92 Å². The van der Waals surface area contributed by atoms with E-state index in [0.29, 0.717) is 50.7 Å². The van der Waals surface area contributed by atoms with E-state index in [4.69, 9.17) is 4.98 Å². The lowest BCUT2D eigenvalue weighted by Gasteiger charge is -2.27. The Morgan fingerprint density at radius 1 is 1.15 bits per heavy atom. The summed E-state index contributed by atoms with van der Waals surface area (Å²) in [4.78, 5) is 46.7. The van der Waals surface area contributed by atoms with Crippen LogP contribution in [0.4, 0.5) is 5.82 Å². The van der Waals surface area contributed by atoms with E-state index in [1.165, 1.54) is 0 Å². The maximum Gasteiger partial charge on any atom is 0.248 e. The van der Waals surface area contributed by atoms with Gasteiger partial charge in [-0.2, -0.15) is 5.10 Å². The predicted octanol–water partition coefficient (Wildman–Crippen LogP) is 4.04. The highest BCUT2D eigenvalue weighted by Crippen LogP contribution is 2.59. The number of pyridine rings is 2. The van der Waals surface area contributed by atoms with Crippen molar-refractivity contribution < 1.29 is 14.7 Å². The summed E-state index contributed by atoms with van der Waals surface area (Å²) in [6, 6.07) is 4.89. The number of rotatable bonds is 6. The lowest BCUT2D eigenvalue weighted by molar-refractivity contribution is -0.138. The summed E-state index contributed by atoms with van der Waals surface area (Å²) in [5, 5.41) is 18.8. The van der Waals surface area contributed by atoms with Crippen molar-refractivity contribution in [3.63, 3.8) is 0 Å². The van der Waals surface area contributed by atoms with Crippen molar-refractivity contribution in [3.8, 4) is 11.3 Å². The molecule has 2 aliphatic rings. The Morgan fingerprint density at radius 3 is 2.56 bits per heavy atom. The van der Waals surface area contributed by atoms with Crippen LogP contribution in [-0.2, 0) is 16.1 Å². The molecule has 2 amide bonds. The Kier molecular flexibility index (Phi) is 6.65. The molecular formula is C29H31BrN8O3. The first-order valence-corrected chi connectivity index (χ1v) is 14.3. The first kappa shape index (κ1) is 27.4. The number of amides is 2. The summed E-state index contributed by atoms with van der Waals surface area (Å²) >= 11 is 3.38. The molecule has 1 saturated carbocycles. The molecular weight excluding hydrogens is 588 g/mol. The highest BCUT2D eigenvalue weighted by atomic mass is 79.9. The van der Waals surface area contributed by atoms with Gasteiger partial charge < -0.3 is 15.3 Å². The average Bonchev–Trinajstić information content (AvgIpc) is 3.25. The summed E-state index contributed by atoms with van der Waals surface area (Å²) in [5.74, 6) is 0.642. The van der Waals surface area contributed by atoms with Gasteiger partial charge in [0.05, 0.1) is 28.7 Å². The van der Waals surface area contributed by atoms with Gasteiger partial charge >= 0.3 is 0 Å². The zero-order chi connectivity index (χ0) is 29.2. The van der Waals surface area contributed by atoms with Crippen LogP contribution >= 0.6 is 15.9 Å². The van der Waals surface area contributed by atoms with Crippen LogP contribution in [0.1, 0.15) is 55.6 Å². The van der Waals surface area contributed by atoms with Gasteiger partial charge in [0.2, 0.25) is 11.8 Å². The van der Waals surface area contributed by atoms with Crippen LogP contribution < -0.4 is 5.32 Å². The molecule has 1 saturated heterocycles. The van der Waals surface area contributed by atoms with E-state index in [-0.39, 0.29) is 29.8 Å². The van der Waals surface area contributed by atoms with Gasteiger partial charge in [-0.15, -0.1) is 0 Å². The number of halogens is 1. The molecule has 12 heteroatoms. The van der Waals surface area contributed by atoms with E-state index in [1.807, 2.05) is 32.9 Å². The van der Waals surface area contributed by atoms with E-state index in [1.54, 1.807) is 35.0 Å². The van der Waals surface area contributed by atoms with Crippen molar-refractivity contribution in [2.24, 2.45) is 5.41 Å². The molecule has 212 valence electrons. The summed E-state index contributed by atoms with van der Waals surface area (Å²) < 4.78 is 2.23. The number of carbonyl (C=O) groups is 2. The highest BCUT2D eigenvalue weighted by Gasteiger charge is 2.64. The molecule has 41 heavy (non-hydrogen) atoms. The number of aromatic nitrogens is 6. The topological polar surface area (TPSA) is 139 Å². The standard InChI is InChI=1S/C29H31BrN8O3/c1-14-6-23(30)34-24(7-14)35-28(41)21-9-29(5)10-22(29)38(21)25(40)13-37-27-15(2)33-20(18-11-31-17(4)32-12-18)8-19(27)26(36-37)16(3)39/h6-8,11-12,16,21-22,39H,9-10,13H2,1-5H3,(H,34,35,41)/t16?,21-,22?,29-/m0/s1. The Hall–Kier alpha value is -3.77. The molecule has 0 aromatic carbocycles. The molecule has 4 aromatic rings. The SMILES string of the molecule is Cc1cc(Br)nc(NC(=O)[C@@H]2C[C@@]3(C)CC3N2C(=O)Cn2nc(C(C)O)c3cc(-c4cnc(C)nc4)nc(C)c32)c1. The van der Waals surface area contributed by atoms with Crippen molar-refractivity contribution in [2.45, 2.75) is 72.2 Å². The van der Waals surface area contributed by atoms with Crippen molar-refractivity contribution >= 4 is 44.5 Å². The molecule has 11 nitrogen and oxygen atoms in total. The van der Waals surface area contributed by atoms with Crippen molar-refractivity contribution in [1.29, 1.82) is 0 Å². The fourth-order valence-corrected chi connectivity index (χ4v) is 6.54. The zero-order valence-corrected chi connectivity index (χ0v) is 25.1. The number of anilines is 1. The summed E-state index contributed by atoms with van der Waals surface area (Å²) in [5.41, 5.74) is 4.05. The zero-order valence-electron chi connectivity index (χ0n) is 23.5. The molecule has 4 atom stereocenters. The first-order chi connectivity index (χ1) is 19.4. The van der Waals surface area contributed by atoms with Gasteiger partial charge in [-0.3, -0.25) is 19.3 Å². The summed E-state index contributed by atoms with van der Waals surface area (Å²) in [7, 11) is 0. The number of aryl methyl sites for hydroxylation is 3. The number of likely N-dealkylation sites (tertiary alicyclic amines) is 1. The molecule has 1 aliphatic carbocycles. The largest absolute Gasteiger partial charge is 0.387 e. The Bertz CT molecular complexity index is 1680. The highest BCUT2D eigenvalue weighted by molar-refractivity contribution is 9.10. The molecule has 2 fully saturated rings. The number of fused-ring (bicyclic) bond motifs is 2. The van der Waals surface area contributed by atoms with Crippen LogP contribution in [0.2, 0.25) is 0 Å². The molecule has 4 aromatic heterocycles. The van der Waals surface area contributed by atoms with E-state index < -0.39 is 12.1 Å². The second kappa shape index (κ2) is 9.95. The minimum atomic E-state index is -0.865. The fraction of sp³-hybridized carbons (Fsp3) is 0.414. The van der Waals surface area contributed by atoms with Crippen LogP contribution in [0, 0.1) is 26.2 Å². The Balaban J connectivity index is 1.31. The van der Waals surface area contributed by atoms with E-state index in [2.05, 4.69) is 48.2 Å². The molecule has 0 radical (unpaired) electrons. The lowest BCUT2D eigenvalue weighted by Crippen LogP contribution is -2.46. The molecule has 2 N–H and O–H groups in total. The summed E-state index contributed by atoms with van der Waals surface area (Å²) in [6.07, 6.45) is 4.00. The lowest BCUT2D eigenvalue weighted by atomic mass is 10.0. The number of hydrogen-bond acceptors (Lipinski definition) is 8. The average molecular weight is 620 g/mol. The summed E-state index contributed by atoms with van der Waals surface area (Å²) in [6.45, 7) is 9.28. The first-order valence-electron chi connectivity index (χ1n) is 13.5. The van der Waals surface area contributed by atoms with Crippen LogP contribution in [0.5, 0.6) is 0 Å². The van der Waals surface area contributed by atoms with Gasteiger partial charge in [-0.05, 0) is 85.6 Å². The van der Waals surface area contributed by atoms with Crippen molar-refractivity contribution in [2.75, 3.05) is 5.32 Å². The maximum absolute atomic E-state index is 13.9. The smallest absolute Gasteiger partial charge is 0.248 e. The van der Waals surface area contributed by atoms with Gasteiger partial charge in [0.25, 0.3) is 0 Å². The molecule has 0 bridgehead atoms. The van der Waals surface area contributed by atoms with Gasteiger partial charge in [0, 0.05) is 29.4 Å². The third-order valence-electron chi connectivity index (χ3n) is 8.10. The fourth-order valence-electron chi connectivity index (χ4n) is 5.98. The number of nitrogens with zero attached hydrogens (tertiary/aromatic N) is 7. The van der Waals surface area contributed by atoms with Crippen molar-refractivity contribution in [1.82, 2.24) is 34.6 Å².